The second-order valence-electron chi connectivity index (χ2n) is 4.53. The number of hydrogen-bond acceptors (Lipinski definition) is 4. The van der Waals surface area contributed by atoms with Crippen molar-refractivity contribution in [1.29, 1.82) is 0 Å². The molecule has 0 saturated carbocycles. The molecule has 6 heteroatoms. The van der Waals surface area contributed by atoms with Crippen LogP contribution in [0.4, 0.5) is 0 Å². The molecule has 108 valence electrons. The van der Waals surface area contributed by atoms with Crippen LogP contribution < -0.4 is 4.74 Å². The molecule has 0 saturated heterocycles. The third-order valence-electron chi connectivity index (χ3n) is 3.08. The molecule has 2 aromatic heterocycles. The average Bonchev–Trinajstić information content (AvgIpc) is 3.02. The van der Waals surface area contributed by atoms with Crippen molar-refractivity contribution in [1.82, 2.24) is 9.38 Å². The summed E-state index contributed by atoms with van der Waals surface area (Å²) in [6.45, 7) is 2.58. The Labute approximate surface area is 125 Å². The van der Waals surface area contributed by atoms with Gasteiger partial charge in [-0.05, 0) is 31.2 Å². The molecule has 0 unspecified atom stereocenters. The number of rotatable bonds is 5. The van der Waals surface area contributed by atoms with Crippen LogP contribution in [-0.2, 0) is 11.2 Å². The molecule has 0 aliphatic heterocycles. The van der Waals surface area contributed by atoms with E-state index in [-0.39, 0.29) is 6.42 Å². The zero-order valence-corrected chi connectivity index (χ0v) is 12.3. The summed E-state index contributed by atoms with van der Waals surface area (Å²) in [5, 5.41) is 10.7. The van der Waals surface area contributed by atoms with Gasteiger partial charge in [0.1, 0.15) is 5.75 Å². The minimum Gasteiger partial charge on any atom is -0.494 e. The van der Waals surface area contributed by atoms with Gasteiger partial charge in [-0.15, -0.1) is 11.3 Å². The second kappa shape index (κ2) is 5.57. The molecule has 0 bridgehead atoms. The van der Waals surface area contributed by atoms with Crippen molar-refractivity contribution in [3.05, 3.63) is 41.5 Å². The molecule has 3 rings (SSSR count). The SMILES string of the molecule is CCOc1ccc(-c2cn3c(CC(=O)O)csc3n2)cc1. The van der Waals surface area contributed by atoms with Gasteiger partial charge in [0.15, 0.2) is 4.96 Å². The number of ether oxygens (including phenoxy) is 1. The predicted octanol–water partition coefficient (Wildman–Crippen LogP) is 3.09. The maximum atomic E-state index is 10.8. The lowest BCUT2D eigenvalue weighted by atomic mass is 10.1. The smallest absolute Gasteiger partial charge is 0.309 e. The van der Waals surface area contributed by atoms with E-state index in [2.05, 4.69) is 4.98 Å². The van der Waals surface area contributed by atoms with E-state index in [0.717, 1.165) is 27.7 Å². The molecule has 0 atom stereocenters. The fraction of sp³-hybridized carbons (Fsp3) is 0.200. The zero-order valence-electron chi connectivity index (χ0n) is 11.4. The molecule has 1 N–H and O–H groups in total. The van der Waals surface area contributed by atoms with Crippen molar-refractivity contribution in [2.24, 2.45) is 0 Å². The molecule has 0 amide bonds. The van der Waals surface area contributed by atoms with E-state index in [4.69, 9.17) is 9.84 Å². The van der Waals surface area contributed by atoms with Gasteiger partial charge in [-0.1, -0.05) is 0 Å². The first-order valence-corrected chi connectivity index (χ1v) is 7.46. The fourth-order valence-corrected chi connectivity index (χ4v) is 3.01. The zero-order chi connectivity index (χ0) is 14.8. The van der Waals surface area contributed by atoms with Crippen LogP contribution in [0, 0.1) is 0 Å². The number of nitrogens with zero attached hydrogens (tertiary/aromatic N) is 2. The van der Waals surface area contributed by atoms with Crippen LogP contribution in [0.3, 0.4) is 0 Å². The number of carbonyl (C=O) groups is 1. The van der Waals surface area contributed by atoms with Gasteiger partial charge in [0.2, 0.25) is 0 Å². The van der Waals surface area contributed by atoms with Crippen LogP contribution in [0.2, 0.25) is 0 Å². The van der Waals surface area contributed by atoms with Gasteiger partial charge >= 0.3 is 5.97 Å². The van der Waals surface area contributed by atoms with E-state index in [9.17, 15) is 4.79 Å². The molecule has 0 aliphatic carbocycles. The van der Waals surface area contributed by atoms with E-state index in [1.807, 2.05) is 47.2 Å². The van der Waals surface area contributed by atoms with Gasteiger partial charge in [-0.2, -0.15) is 0 Å². The van der Waals surface area contributed by atoms with Crippen LogP contribution in [0.15, 0.2) is 35.8 Å². The van der Waals surface area contributed by atoms with Crippen molar-refractivity contribution in [3.8, 4) is 17.0 Å². The first kappa shape index (κ1) is 13.6. The Morgan fingerprint density at radius 2 is 2.14 bits per heavy atom. The molecule has 1 aromatic carbocycles. The second-order valence-corrected chi connectivity index (χ2v) is 5.37. The predicted molar refractivity (Wildman–Crippen MR) is 81.0 cm³/mol. The van der Waals surface area contributed by atoms with Crippen LogP contribution >= 0.6 is 11.3 Å². The molecule has 0 spiro atoms. The van der Waals surface area contributed by atoms with E-state index in [1.165, 1.54) is 11.3 Å². The van der Waals surface area contributed by atoms with Gasteiger partial charge in [-0.25, -0.2) is 4.98 Å². The Morgan fingerprint density at radius 3 is 2.81 bits per heavy atom. The van der Waals surface area contributed by atoms with Crippen molar-refractivity contribution in [2.45, 2.75) is 13.3 Å². The Balaban J connectivity index is 1.93. The minimum absolute atomic E-state index is 0.000915. The topological polar surface area (TPSA) is 63.8 Å². The maximum absolute atomic E-state index is 10.8. The standard InChI is InChI=1S/C15H14N2O3S/c1-2-20-12-5-3-10(4-6-12)13-8-17-11(7-14(18)19)9-21-15(17)16-13/h3-6,8-9H,2,7H2,1H3,(H,18,19). The van der Waals surface area contributed by atoms with E-state index in [1.54, 1.807) is 0 Å². The van der Waals surface area contributed by atoms with Crippen molar-refractivity contribution in [2.75, 3.05) is 6.61 Å². The summed E-state index contributed by atoms with van der Waals surface area (Å²) in [4.78, 5) is 16.2. The van der Waals surface area contributed by atoms with E-state index in [0.29, 0.717) is 6.61 Å². The number of carboxylic acid groups (broad SMARTS) is 1. The number of hydrogen-bond donors (Lipinski definition) is 1. The Bertz CT molecular complexity index is 774. The van der Waals surface area contributed by atoms with Gasteiger partial charge in [0, 0.05) is 22.8 Å². The third-order valence-corrected chi connectivity index (χ3v) is 3.97. The first-order valence-electron chi connectivity index (χ1n) is 6.58. The minimum atomic E-state index is -0.842. The lowest BCUT2D eigenvalue weighted by molar-refractivity contribution is -0.136. The monoisotopic (exact) mass is 302 g/mol. The normalized spacial score (nSPS) is 10.9. The number of benzene rings is 1. The highest BCUT2D eigenvalue weighted by molar-refractivity contribution is 7.15. The molecular weight excluding hydrogens is 288 g/mol. The maximum Gasteiger partial charge on any atom is 0.309 e. The van der Waals surface area contributed by atoms with E-state index < -0.39 is 5.97 Å². The summed E-state index contributed by atoms with van der Waals surface area (Å²) in [6.07, 6.45) is 1.87. The molecule has 0 aliphatic rings. The highest BCUT2D eigenvalue weighted by Crippen LogP contribution is 2.25. The Kier molecular flexibility index (Phi) is 3.62. The molecule has 5 nitrogen and oxygen atoms in total. The van der Waals surface area contributed by atoms with Crippen molar-refractivity contribution in [3.63, 3.8) is 0 Å². The van der Waals surface area contributed by atoms with Gasteiger partial charge in [0.05, 0.1) is 18.7 Å². The van der Waals surface area contributed by atoms with Crippen molar-refractivity contribution >= 4 is 22.3 Å². The largest absolute Gasteiger partial charge is 0.494 e. The van der Waals surface area contributed by atoms with E-state index >= 15 is 0 Å². The Hall–Kier alpha value is -2.34. The Morgan fingerprint density at radius 1 is 1.38 bits per heavy atom. The summed E-state index contributed by atoms with van der Waals surface area (Å²) in [6, 6.07) is 7.72. The highest BCUT2D eigenvalue weighted by Gasteiger charge is 2.11. The summed E-state index contributed by atoms with van der Waals surface area (Å²) < 4.78 is 7.25. The number of fused-ring (bicyclic) bond motifs is 1. The number of thiazole rings is 1. The quantitative estimate of drug-likeness (QED) is 0.786. The van der Waals surface area contributed by atoms with Gasteiger partial charge in [-0.3, -0.25) is 9.20 Å². The lowest BCUT2D eigenvalue weighted by Gasteiger charge is -2.03. The van der Waals surface area contributed by atoms with Crippen LogP contribution in [0.1, 0.15) is 12.6 Å². The molecule has 3 aromatic rings. The molecule has 21 heavy (non-hydrogen) atoms. The fourth-order valence-electron chi connectivity index (χ4n) is 2.14. The summed E-state index contributed by atoms with van der Waals surface area (Å²) >= 11 is 1.45. The van der Waals surface area contributed by atoms with Gasteiger partial charge < -0.3 is 9.84 Å². The van der Waals surface area contributed by atoms with Crippen molar-refractivity contribution < 1.29 is 14.6 Å². The highest BCUT2D eigenvalue weighted by atomic mass is 32.1. The third kappa shape index (κ3) is 2.75. The van der Waals surface area contributed by atoms with Crippen LogP contribution in [-0.4, -0.2) is 27.1 Å². The van der Waals surface area contributed by atoms with Crippen LogP contribution in [0.25, 0.3) is 16.2 Å². The van der Waals surface area contributed by atoms with Gasteiger partial charge in [0.25, 0.3) is 0 Å². The summed E-state index contributed by atoms with van der Waals surface area (Å²) in [5.74, 6) is -0.0140. The number of carboxylic acids is 1. The average molecular weight is 302 g/mol. The molecule has 0 radical (unpaired) electrons. The molecule has 0 fully saturated rings. The van der Waals surface area contributed by atoms with Crippen LogP contribution in [0.5, 0.6) is 5.75 Å². The summed E-state index contributed by atoms with van der Waals surface area (Å²) in [5.41, 5.74) is 2.55. The number of aromatic nitrogens is 2. The lowest BCUT2D eigenvalue weighted by Crippen LogP contribution is -2.02. The molecule has 2 heterocycles. The number of imidazole rings is 1. The summed E-state index contributed by atoms with van der Waals surface area (Å²) in [7, 11) is 0. The number of aliphatic carboxylic acids is 1. The first-order chi connectivity index (χ1) is 10.2. The molecular formula is C15H14N2O3S.